The van der Waals surface area contributed by atoms with E-state index in [0.29, 0.717) is 12.2 Å². The van der Waals surface area contributed by atoms with Crippen LogP contribution >= 0.6 is 0 Å². The van der Waals surface area contributed by atoms with Gasteiger partial charge in [0.25, 0.3) is 5.91 Å². The van der Waals surface area contributed by atoms with Crippen molar-refractivity contribution in [1.29, 1.82) is 0 Å². The highest BCUT2D eigenvalue weighted by Crippen LogP contribution is 2.23. The molecule has 0 saturated heterocycles. The van der Waals surface area contributed by atoms with E-state index in [4.69, 9.17) is 4.74 Å². The van der Waals surface area contributed by atoms with Crippen LogP contribution in [0.15, 0.2) is 36.4 Å². The van der Waals surface area contributed by atoms with E-state index in [9.17, 15) is 13.6 Å². The van der Waals surface area contributed by atoms with Crippen LogP contribution in [0, 0.1) is 25.5 Å². The highest BCUT2D eigenvalue weighted by molar-refractivity contribution is 5.94. The molecule has 1 N–H and O–H groups in total. The van der Waals surface area contributed by atoms with Crippen molar-refractivity contribution >= 4 is 11.6 Å². The summed E-state index contributed by atoms with van der Waals surface area (Å²) in [5, 5.41) is 2.27. The summed E-state index contributed by atoms with van der Waals surface area (Å²) in [6.07, 6.45) is -0.468. The first-order valence-corrected chi connectivity index (χ1v) is 7.41. The maximum Gasteiger partial charge on any atom is 0.265 e. The summed E-state index contributed by atoms with van der Waals surface area (Å²) in [5.74, 6) is -1.64. The Bertz CT molecular complexity index is 696. The Kier molecular flexibility index (Phi) is 5.32. The molecule has 2 aromatic carbocycles. The van der Waals surface area contributed by atoms with E-state index >= 15 is 0 Å². The van der Waals surface area contributed by atoms with Gasteiger partial charge in [-0.25, -0.2) is 8.78 Å². The zero-order valence-electron chi connectivity index (χ0n) is 13.3. The molecule has 2 rings (SSSR count). The Morgan fingerprint density at radius 2 is 1.83 bits per heavy atom. The first-order chi connectivity index (χ1) is 10.9. The van der Waals surface area contributed by atoms with Crippen molar-refractivity contribution in [3.8, 4) is 5.75 Å². The summed E-state index contributed by atoms with van der Waals surface area (Å²) in [5.41, 5.74) is 1.43. The Morgan fingerprint density at radius 1 is 1.17 bits per heavy atom. The van der Waals surface area contributed by atoms with E-state index in [1.807, 2.05) is 32.0 Å². The van der Waals surface area contributed by atoms with Crippen molar-refractivity contribution in [2.75, 3.05) is 5.32 Å². The molecule has 5 heteroatoms. The van der Waals surface area contributed by atoms with Crippen LogP contribution in [0.4, 0.5) is 14.5 Å². The maximum atomic E-state index is 13.6. The molecule has 2 aromatic rings. The molecule has 0 aliphatic heterocycles. The monoisotopic (exact) mass is 319 g/mol. The molecule has 0 aliphatic rings. The second-order valence-electron chi connectivity index (χ2n) is 5.37. The Balaban J connectivity index is 2.17. The van der Waals surface area contributed by atoms with Gasteiger partial charge in [-0.3, -0.25) is 4.79 Å². The van der Waals surface area contributed by atoms with Crippen LogP contribution in [0.3, 0.4) is 0 Å². The number of anilines is 1. The number of hydrogen-bond acceptors (Lipinski definition) is 2. The van der Waals surface area contributed by atoms with E-state index in [-0.39, 0.29) is 0 Å². The molecule has 0 bridgehead atoms. The predicted octanol–water partition coefficient (Wildman–Crippen LogP) is 4.38. The number of halogens is 2. The lowest BCUT2D eigenvalue weighted by Gasteiger charge is -2.19. The van der Waals surface area contributed by atoms with Crippen LogP contribution in [0.1, 0.15) is 24.5 Å². The molecule has 0 saturated carbocycles. The lowest BCUT2D eigenvalue weighted by atomic mass is 10.1. The minimum Gasteiger partial charge on any atom is -0.480 e. The fraction of sp³-hybridized carbons (Fsp3) is 0.278. The molecule has 0 radical (unpaired) electrons. The number of carbonyl (C=O) groups excluding carboxylic acids is 1. The van der Waals surface area contributed by atoms with Gasteiger partial charge in [-0.1, -0.05) is 25.1 Å². The molecule has 1 atom stereocenters. The lowest BCUT2D eigenvalue weighted by molar-refractivity contribution is -0.122. The molecule has 3 nitrogen and oxygen atoms in total. The smallest absolute Gasteiger partial charge is 0.265 e. The van der Waals surface area contributed by atoms with Gasteiger partial charge in [0.1, 0.15) is 23.1 Å². The van der Waals surface area contributed by atoms with E-state index in [1.165, 1.54) is 6.07 Å². The predicted molar refractivity (Wildman–Crippen MR) is 85.6 cm³/mol. The zero-order valence-corrected chi connectivity index (χ0v) is 13.3. The number of carbonyl (C=O) groups is 1. The van der Waals surface area contributed by atoms with Crippen molar-refractivity contribution in [2.24, 2.45) is 0 Å². The van der Waals surface area contributed by atoms with E-state index in [0.717, 1.165) is 23.3 Å². The Hall–Kier alpha value is -2.43. The van der Waals surface area contributed by atoms with Crippen LogP contribution in [-0.2, 0) is 4.79 Å². The Labute approximate surface area is 134 Å². The quantitative estimate of drug-likeness (QED) is 0.888. The topological polar surface area (TPSA) is 38.3 Å². The summed E-state index contributed by atoms with van der Waals surface area (Å²) in [6.45, 7) is 5.56. The first-order valence-electron chi connectivity index (χ1n) is 7.41. The lowest BCUT2D eigenvalue weighted by Crippen LogP contribution is -2.33. The van der Waals surface area contributed by atoms with Crippen LogP contribution in [-0.4, -0.2) is 12.0 Å². The van der Waals surface area contributed by atoms with Crippen molar-refractivity contribution in [2.45, 2.75) is 33.3 Å². The number of para-hydroxylation sites is 1. The third-order valence-electron chi connectivity index (χ3n) is 3.49. The van der Waals surface area contributed by atoms with Crippen molar-refractivity contribution < 1.29 is 18.3 Å². The summed E-state index contributed by atoms with van der Waals surface area (Å²) in [7, 11) is 0. The number of benzene rings is 2. The molecule has 0 aromatic heterocycles. The fourth-order valence-corrected chi connectivity index (χ4v) is 2.13. The fourth-order valence-electron chi connectivity index (χ4n) is 2.13. The third-order valence-corrected chi connectivity index (χ3v) is 3.49. The summed E-state index contributed by atoms with van der Waals surface area (Å²) >= 11 is 0. The normalized spacial score (nSPS) is 11.9. The minimum atomic E-state index is -0.838. The zero-order chi connectivity index (χ0) is 17.0. The van der Waals surface area contributed by atoms with Crippen LogP contribution in [0.2, 0.25) is 0 Å². The van der Waals surface area contributed by atoms with Crippen LogP contribution in [0.5, 0.6) is 5.75 Å². The molecule has 122 valence electrons. The van der Waals surface area contributed by atoms with Gasteiger partial charge in [-0.15, -0.1) is 0 Å². The Morgan fingerprint density at radius 3 is 2.43 bits per heavy atom. The molecule has 1 amide bonds. The number of aryl methyl sites for hydroxylation is 2. The first kappa shape index (κ1) is 16.9. The molecular weight excluding hydrogens is 300 g/mol. The number of rotatable bonds is 5. The number of hydrogen-bond donors (Lipinski definition) is 1. The number of nitrogens with one attached hydrogen (secondary N) is 1. The molecule has 23 heavy (non-hydrogen) atoms. The SMILES string of the molecule is CCC(Oc1cc(C)ccc1C)C(=O)Nc1c(F)cccc1F. The van der Waals surface area contributed by atoms with Crippen molar-refractivity contribution in [3.63, 3.8) is 0 Å². The molecule has 1 unspecified atom stereocenters. The van der Waals surface area contributed by atoms with Gasteiger partial charge >= 0.3 is 0 Å². The average molecular weight is 319 g/mol. The summed E-state index contributed by atoms with van der Waals surface area (Å²) < 4.78 is 33.0. The molecule has 0 spiro atoms. The standard InChI is InChI=1S/C18H19F2NO2/c1-4-15(23-16-10-11(2)8-9-12(16)3)18(22)21-17-13(19)6-5-7-14(17)20/h5-10,15H,4H2,1-3H3,(H,21,22). The highest BCUT2D eigenvalue weighted by atomic mass is 19.1. The molecule has 0 heterocycles. The third kappa shape index (κ3) is 4.06. The van der Waals surface area contributed by atoms with Crippen LogP contribution in [0.25, 0.3) is 0 Å². The second kappa shape index (κ2) is 7.22. The van der Waals surface area contributed by atoms with E-state index in [1.54, 1.807) is 6.92 Å². The second-order valence-corrected chi connectivity index (χ2v) is 5.37. The average Bonchev–Trinajstić information content (AvgIpc) is 2.51. The van der Waals surface area contributed by atoms with Gasteiger partial charge in [0, 0.05) is 0 Å². The van der Waals surface area contributed by atoms with Gasteiger partial charge in [-0.2, -0.15) is 0 Å². The van der Waals surface area contributed by atoms with Crippen molar-refractivity contribution in [1.82, 2.24) is 0 Å². The maximum absolute atomic E-state index is 13.6. The minimum absolute atomic E-state index is 0.370. The number of amides is 1. The van der Waals surface area contributed by atoms with E-state index in [2.05, 4.69) is 5.32 Å². The van der Waals surface area contributed by atoms with Gasteiger partial charge < -0.3 is 10.1 Å². The van der Waals surface area contributed by atoms with Crippen molar-refractivity contribution in [3.05, 3.63) is 59.2 Å². The molecule has 0 fully saturated rings. The van der Waals surface area contributed by atoms with Crippen LogP contribution < -0.4 is 10.1 Å². The van der Waals surface area contributed by atoms with E-state index < -0.39 is 29.3 Å². The van der Waals surface area contributed by atoms with Gasteiger partial charge in [0.15, 0.2) is 6.10 Å². The highest BCUT2D eigenvalue weighted by Gasteiger charge is 2.22. The summed E-state index contributed by atoms with van der Waals surface area (Å²) in [6, 6.07) is 9.08. The summed E-state index contributed by atoms with van der Waals surface area (Å²) in [4.78, 5) is 12.3. The van der Waals surface area contributed by atoms with Gasteiger partial charge in [-0.05, 0) is 49.6 Å². The molecular formula is C18H19F2NO2. The number of ether oxygens (including phenoxy) is 1. The van der Waals surface area contributed by atoms with Gasteiger partial charge in [0.05, 0.1) is 0 Å². The largest absolute Gasteiger partial charge is 0.480 e. The van der Waals surface area contributed by atoms with Gasteiger partial charge in [0.2, 0.25) is 0 Å². The molecule has 0 aliphatic carbocycles.